The molecule has 6 saturated carbocycles. The monoisotopic (exact) mass is 372 g/mol. The molecule has 150 valence electrons. The zero-order chi connectivity index (χ0) is 18.4. The number of rotatable bonds is 6. The summed E-state index contributed by atoms with van der Waals surface area (Å²) < 4.78 is 0. The Labute approximate surface area is 163 Å². The van der Waals surface area contributed by atoms with Gasteiger partial charge in [-0.3, -0.25) is 9.59 Å². The van der Waals surface area contributed by atoms with E-state index in [-0.39, 0.29) is 17.2 Å². The summed E-state index contributed by atoms with van der Waals surface area (Å²) in [5, 5.41) is 6.64. The highest BCUT2D eigenvalue weighted by Gasteiger charge is 2.49. The molecule has 4 heteroatoms. The van der Waals surface area contributed by atoms with Gasteiger partial charge in [0.1, 0.15) is 0 Å². The zero-order valence-electron chi connectivity index (χ0n) is 16.7. The van der Waals surface area contributed by atoms with Crippen LogP contribution in [0.25, 0.3) is 0 Å². The standard InChI is InChI=1S/C23H36N2O2/c26-20(24-19-4-5-19)13-23(6-2-1-3-7-23)14-21(27)25-22-17-9-15-8-16(11-17)12-18(22)10-15/h15-19,22H,1-14H2,(H,24,26)(H,25,27). The van der Waals surface area contributed by atoms with Crippen LogP contribution in [0, 0.1) is 29.1 Å². The molecule has 4 bridgehead atoms. The molecule has 0 atom stereocenters. The fourth-order valence-electron chi connectivity index (χ4n) is 7.30. The topological polar surface area (TPSA) is 58.2 Å². The summed E-state index contributed by atoms with van der Waals surface area (Å²) in [5.74, 6) is 3.75. The van der Waals surface area contributed by atoms with E-state index in [1.165, 1.54) is 51.4 Å². The SMILES string of the molecule is O=C(CC1(CC(=O)NC2C3CC4CC(C3)CC2C4)CCCCC1)NC1CC1. The Hall–Kier alpha value is -1.06. The second-order valence-corrected chi connectivity index (χ2v) is 10.8. The maximum atomic E-state index is 13.1. The van der Waals surface area contributed by atoms with Crippen LogP contribution in [0.15, 0.2) is 0 Å². The van der Waals surface area contributed by atoms with Crippen molar-refractivity contribution in [2.45, 2.75) is 102 Å². The van der Waals surface area contributed by atoms with Gasteiger partial charge in [-0.2, -0.15) is 0 Å². The summed E-state index contributed by atoms with van der Waals surface area (Å²) in [5.41, 5.74) is -0.0901. The predicted octanol–water partition coefficient (Wildman–Crippen LogP) is 3.94. The van der Waals surface area contributed by atoms with Crippen LogP contribution < -0.4 is 10.6 Å². The summed E-state index contributed by atoms with van der Waals surface area (Å²) in [6.07, 6.45) is 15.9. The molecule has 6 rings (SSSR count). The molecular weight excluding hydrogens is 336 g/mol. The van der Waals surface area contributed by atoms with E-state index in [1.54, 1.807) is 0 Å². The van der Waals surface area contributed by atoms with Crippen molar-refractivity contribution in [3.63, 3.8) is 0 Å². The van der Waals surface area contributed by atoms with Gasteiger partial charge in [0.2, 0.25) is 11.8 Å². The van der Waals surface area contributed by atoms with Gasteiger partial charge >= 0.3 is 0 Å². The lowest BCUT2D eigenvalue weighted by Crippen LogP contribution is -2.56. The molecule has 0 radical (unpaired) electrons. The Morgan fingerprint density at radius 1 is 0.741 bits per heavy atom. The molecule has 2 N–H and O–H groups in total. The molecule has 0 spiro atoms. The lowest BCUT2D eigenvalue weighted by atomic mass is 9.54. The number of nitrogens with one attached hydrogen (secondary N) is 2. The maximum absolute atomic E-state index is 13.1. The first-order valence-corrected chi connectivity index (χ1v) is 11.7. The third-order valence-electron chi connectivity index (χ3n) is 8.48. The van der Waals surface area contributed by atoms with E-state index >= 15 is 0 Å². The Balaban J connectivity index is 1.21. The molecule has 2 amide bonds. The molecule has 6 aliphatic carbocycles. The molecule has 27 heavy (non-hydrogen) atoms. The van der Waals surface area contributed by atoms with Crippen LogP contribution in [0.2, 0.25) is 0 Å². The van der Waals surface area contributed by atoms with Gasteiger partial charge in [-0.25, -0.2) is 0 Å². The Morgan fingerprint density at radius 2 is 1.30 bits per heavy atom. The lowest BCUT2D eigenvalue weighted by molar-refractivity contribution is -0.130. The quantitative estimate of drug-likeness (QED) is 0.742. The number of hydrogen-bond donors (Lipinski definition) is 2. The van der Waals surface area contributed by atoms with Crippen LogP contribution in [0.3, 0.4) is 0 Å². The molecule has 0 aromatic rings. The van der Waals surface area contributed by atoms with Crippen LogP contribution in [0.4, 0.5) is 0 Å². The van der Waals surface area contributed by atoms with E-state index in [4.69, 9.17) is 0 Å². The number of carbonyl (C=O) groups is 2. The van der Waals surface area contributed by atoms with Crippen LogP contribution >= 0.6 is 0 Å². The first-order chi connectivity index (χ1) is 13.1. The molecule has 0 aliphatic heterocycles. The maximum Gasteiger partial charge on any atom is 0.220 e. The van der Waals surface area contributed by atoms with Crippen molar-refractivity contribution in [3.05, 3.63) is 0 Å². The Morgan fingerprint density at radius 3 is 1.85 bits per heavy atom. The molecule has 0 aromatic heterocycles. The van der Waals surface area contributed by atoms with Crippen molar-refractivity contribution >= 4 is 11.8 Å². The van der Waals surface area contributed by atoms with Gasteiger partial charge in [-0.15, -0.1) is 0 Å². The number of hydrogen-bond acceptors (Lipinski definition) is 2. The third kappa shape index (κ3) is 3.91. The predicted molar refractivity (Wildman–Crippen MR) is 105 cm³/mol. The fourth-order valence-corrected chi connectivity index (χ4v) is 7.30. The molecule has 6 fully saturated rings. The number of carbonyl (C=O) groups excluding carboxylic acids is 2. The largest absolute Gasteiger partial charge is 0.353 e. The fraction of sp³-hybridized carbons (Fsp3) is 0.913. The minimum absolute atomic E-state index is 0.0901. The summed E-state index contributed by atoms with van der Waals surface area (Å²) in [6, 6.07) is 0.839. The molecule has 4 nitrogen and oxygen atoms in total. The first-order valence-electron chi connectivity index (χ1n) is 11.7. The van der Waals surface area contributed by atoms with Crippen LogP contribution in [-0.4, -0.2) is 23.9 Å². The normalized spacial score (nSPS) is 39.2. The van der Waals surface area contributed by atoms with Gasteiger partial charge in [0.05, 0.1) is 0 Å². The van der Waals surface area contributed by atoms with E-state index in [1.807, 2.05) is 0 Å². The summed E-state index contributed by atoms with van der Waals surface area (Å²) in [6.45, 7) is 0. The second-order valence-electron chi connectivity index (χ2n) is 10.8. The van der Waals surface area contributed by atoms with Crippen molar-refractivity contribution in [2.75, 3.05) is 0 Å². The molecule has 0 unspecified atom stereocenters. The third-order valence-corrected chi connectivity index (χ3v) is 8.48. The molecular formula is C23H36N2O2. The minimum atomic E-state index is -0.0901. The number of amides is 2. The minimum Gasteiger partial charge on any atom is -0.353 e. The summed E-state index contributed by atoms with van der Waals surface area (Å²) in [4.78, 5) is 25.6. The lowest BCUT2D eigenvalue weighted by Gasteiger charge is -2.54. The van der Waals surface area contributed by atoms with Gasteiger partial charge in [0.25, 0.3) is 0 Å². The van der Waals surface area contributed by atoms with Crippen LogP contribution in [0.5, 0.6) is 0 Å². The van der Waals surface area contributed by atoms with Crippen molar-refractivity contribution < 1.29 is 9.59 Å². The van der Waals surface area contributed by atoms with Gasteiger partial charge in [-0.05, 0) is 86.9 Å². The summed E-state index contributed by atoms with van der Waals surface area (Å²) >= 11 is 0. The van der Waals surface area contributed by atoms with Crippen molar-refractivity contribution in [1.29, 1.82) is 0 Å². The van der Waals surface area contributed by atoms with E-state index < -0.39 is 0 Å². The Kier molecular flexibility index (Phi) is 4.72. The molecule has 0 saturated heterocycles. The second kappa shape index (κ2) is 7.08. The van der Waals surface area contributed by atoms with E-state index in [0.29, 0.717) is 24.9 Å². The molecule has 0 aromatic carbocycles. The average molecular weight is 373 g/mol. The highest BCUT2D eigenvalue weighted by molar-refractivity contribution is 5.81. The first kappa shape index (κ1) is 18.0. The summed E-state index contributed by atoms with van der Waals surface area (Å²) in [7, 11) is 0. The van der Waals surface area contributed by atoms with E-state index in [0.717, 1.165) is 49.4 Å². The molecule has 0 heterocycles. The van der Waals surface area contributed by atoms with Gasteiger partial charge in [0, 0.05) is 24.9 Å². The van der Waals surface area contributed by atoms with Gasteiger partial charge in [0.15, 0.2) is 0 Å². The van der Waals surface area contributed by atoms with E-state index in [9.17, 15) is 9.59 Å². The zero-order valence-corrected chi connectivity index (χ0v) is 16.7. The van der Waals surface area contributed by atoms with Gasteiger partial charge < -0.3 is 10.6 Å². The average Bonchev–Trinajstić information content (AvgIpc) is 3.42. The van der Waals surface area contributed by atoms with Crippen LogP contribution in [-0.2, 0) is 9.59 Å². The van der Waals surface area contributed by atoms with E-state index in [2.05, 4.69) is 10.6 Å². The highest BCUT2D eigenvalue weighted by atomic mass is 16.2. The van der Waals surface area contributed by atoms with Crippen molar-refractivity contribution in [2.24, 2.45) is 29.1 Å². The smallest absolute Gasteiger partial charge is 0.220 e. The molecule has 6 aliphatic rings. The van der Waals surface area contributed by atoms with Gasteiger partial charge in [-0.1, -0.05) is 19.3 Å². The highest BCUT2D eigenvalue weighted by Crippen LogP contribution is 2.54. The van der Waals surface area contributed by atoms with Crippen LogP contribution in [0.1, 0.15) is 89.9 Å². The van der Waals surface area contributed by atoms with Crippen molar-refractivity contribution in [1.82, 2.24) is 10.6 Å². The Bertz CT molecular complexity index is 563. The van der Waals surface area contributed by atoms with Crippen molar-refractivity contribution in [3.8, 4) is 0 Å².